The van der Waals surface area contributed by atoms with E-state index in [1.165, 1.54) is 30.2 Å². The third kappa shape index (κ3) is 5.88. The van der Waals surface area contributed by atoms with Crippen LogP contribution in [0, 0.1) is 11.3 Å². The molecular formula is C21H20N2O5. The normalized spacial score (nSPS) is 10.3. The van der Waals surface area contributed by atoms with Crippen LogP contribution in [0.15, 0.2) is 54.6 Å². The number of esters is 1. The summed E-state index contributed by atoms with van der Waals surface area (Å²) in [5.41, 5.74) is 1.25. The van der Waals surface area contributed by atoms with Crippen LogP contribution in [-0.2, 0) is 14.3 Å². The fourth-order valence-corrected chi connectivity index (χ4v) is 2.39. The van der Waals surface area contributed by atoms with E-state index in [9.17, 15) is 14.7 Å². The van der Waals surface area contributed by atoms with E-state index in [0.29, 0.717) is 11.3 Å². The molecule has 7 heteroatoms. The topological polar surface area (TPSA) is 99.9 Å². The van der Waals surface area contributed by atoms with E-state index >= 15 is 0 Å². The first kappa shape index (κ1) is 20.5. The number of para-hydroxylation sites is 1. The second-order valence-electron chi connectivity index (χ2n) is 5.66. The largest absolute Gasteiger partial charge is 0.504 e. The number of nitriles is 1. The number of carbonyl (C=O) groups excluding carboxylic acids is 2. The number of methoxy groups -OCH3 is 1. The van der Waals surface area contributed by atoms with E-state index in [0.717, 1.165) is 0 Å². The van der Waals surface area contributed by atoms with Crippen molar-refractivity contribution < 1.29 is 24.2 Å². The first-order chi connectivity index (χ1) is 13.5. The standard InChI is InChI=1S/C21H20N2O5/c1-27-19-14-16(8-10-18(19)24)9-11-21(26)28-15-20(25)23(13-5-12-22)17-6-3-2-4-7-17/h2-4,6-11,14,24H,5,13,15H2,1H3. The minimum absolute atomic E-state index is 0.00815. The lowest BCUT2D eigenvalue weighted by molar-refractivity contribution is -0.142. The smallest absolute Gasteiger partial charge is 0.331 e. The molecule has 2 rings (SSSR count). The minimum Gasteiger partial charge on any atom is -0.504 e. The van der Waals surface area contributed by atoms with Gasteiger partial charge in [-0.25, -0.2) is 4.79 Å². The third-order valence-electron chi connectivity index (χ3n) is 3.77. The van der Waals surface area contributed by atoms with E-state index in [2.05, 4.69) is 0 Å². The van der Waals surface area contributed by atoms with Gasteiger partial charge in [0.05, 0.1) is 19.6 Å². The number of phenols is 1. The zero-order valence-corrected chi connectivity index (χ0v) is 15.4. The van der Waals surface area contributed by atoms with Crippen molar-refractivity contribution in [1.82, 2.24) is 0 Å². The van der Waals surface area contributed by atoms with Crippen LogP contribution in [0.3, 0.4) is 0 Å². The van der Waals surface area contributed by atoms with Crippen molar-refractivity contribution >= 4 is 23.6 Å². The van der Waals surface area contributed by atoms with Crippen molar-refractivity contribution in [2.45, 2.75) is 6.42 Å². The Labute approximate surface area is 163 Å². The van der Waals surface area contributed by atoms with E-state index in [1.54, 1.807) is 36.4 Å². The molecule has 28 heavy (non-hydrogen) atoms. The van der Waals surface area contributed by atoms with Crippen LogP contribution in [0.2, 0.25) is 0 Å². The van der Waals surface area contributed by atoms with Crippen molar-refractivity contribution in [2.75, 3.05) is 25.2 Å². The lowest BCUT2D eigenvalue weighted by atomic mass is 10.2. The highest BCUT2D eigenvalue weighted by molar-refractivity contribution is 5.96. The fourth-order valence-electron chi connectivity index (χ4n) is 2.39. The molecule has 0 fully saturated rings. The molecule has 1 N–H and O–H groups in total. The summed E-state index contributed by atoms with van der Waals surface area (Å²) in [6.45, 7) is -0.234. The van der Waals surface area contributed by atoms with Crippen molar-refractivity contribution in [3.05, 3.63) is 60.2 Å². The molecule has 0 unspecified atom stereocenters. The summed E-state index contributed by atoms with van der Waals surface area (Å²) in [4.78, 5) is 25.7. The number of phenolic OH excluding ortho intramolecular Hbond substituents is 1. The number of benzene rings is 2. The number of anilines is 1. The van der Waals surface area contributed by atoms with Gasteiger partial charge in [-0.05, 0) is 35.9 Å². The highest BCUT2D eigenvalue weighted by Gasteiger charge is 2.16. The summed E-state index contributed by atoms with van der Waals surface area (Å²) in [5, 5.41) is 18.3. The Hall–Kier alpha value is -3.79. The molecule has 2 aromatic carbocycles. The van der Waals surface area contributed by atoms with Gasteiger partial charge in [0.1, 0.15) is 0 Å². The maximum Gasteiger partial charge on any atom is 0.331 e. The molecule has 0 heterocycles. The molecular weight excluding hydrogens is 360 g/mol. The van der Waals surface area contributed by atoms with E-state index in [4.69, 9.17) is 14.7 Å². The van der Waals surface area contributed by atoms with Crippen molar-refractivity contribution in [1.29, 1.82) is 5.26 Å². The number of carbonyl (C=O) groups is 2. The predicted molar refractivity (Wildman–Crippen MR) is 104 cm³/mol. The summed E-state index contributed by atoms with van der Waals surface area (Å²) < 4.78 is 10.0. The predicted octanol–water partition coefficient (Wildman–Crippen LogP) is 2.90. The molecule has 0 aliphatic heterocycles. The van der Waals surface area contributed by atoms with Crippen LogP contribution in [0.1, 0.15) is 12.0 Å². The van der Waals surface area contributed by atoms with Crippen LogP contribution >= 0.6 is 0 Å². The Bertz CT molecular complexity index is 887. The van der Waals surface area contributed by atoms with Crippen molar-refractivity contribution in [3.63, 3.8) is 0 Å². The van der Waals surface area contributed by atoms with E-state index in [-0.39, 0.29) is 24.5 Å². The number of ether oxygens (including phenoxy) is 2. The molecule has 0 radical (unpaired) electrons. The van der Waals surface area contributed by atoms with E-state index < -0.39 is 18.5 Å². The van der Waals surface area contributed by atoms with Gasteiger partial charge >= 0.3 is 5.97 Å². The van der Waals surface area contributed by atoms with Gasteiger partial charge in [0.2, 0.25) is 0 Å². The molecule has 0 aromatic heterocycles. The van der Waals surface area contributed by atoms with Crippen LogP contribution < -0.4 is 9.64 Å². The highest BCUT2D eigenvalue weighted by Crippen LogP contribution is 2.26. The van der Waals surface area contributed by atoms with Gasteiger partial charge < -0.3 is 19.5 Å². The summed E-state index contributed by atoms with van der Waals surface area (Å²) in [6.07, 6.45) is 2.83. The zero-order chi connectivity index (χ0) is 20.4. The van der Waals surface area contributed by atoms with E-state index in [1.807, 2.05) is 12.1 Å². The lowest BCUT2D eigenvalue weighted by Gasteiger charge is -2.21. The second-order valence-corrected chi connectivity index (χ2v) is 5.66. The van der Waals surface area contributed by atoms with Gasteiger partial charge in [0, 0.05) is 18.3 Å². The van der Waals surface area contributed by atoms with Gasteiger partial charge in [-0.15, -0.1) is 0 Å². The van der Waals surface area contributed by atoms with Gasteiger partial charge in [0.15, 0.2) is 18.1 Å². The first-order valence-corrected chi connectivity index (χ1v) is 8.49. The van der Waals surface area contributed by atoms with Crippen LogP contribution in [0.25, 0.3) is 6.08 Å². The van der Waals surface area contributed by atoms with Crippen LogP contribution in [0.5, 0.6) is 11.5 Å². The fraction of sp³-hybridized carbons (Fsp3) is 0.190. The van der Waals surface area contributed by atoms with Gasteiger partial charge in [-0.1, -0.05) is 24.3 Å². The molecule has 0 saturated carbocycles. The van der Waals surface area contributed by atoms with Gasteiger partial charge in [-0.3, -0.25) is 4.79 Å². The number of hydrogen-bond acceptors (Lipinski definition) is 6. The van der Waals surface area contributed by atoms with Crippen LogP contribution in [0.4, 0.5) is 5.69 Å². The number of rotatable bonds is 8. The summed E-state index contributed by atoms with van der Waals surface area (Å²) in [7, 11) is 1.42. The maximum atomic E-state index is 12.4. The molecule has 0 spiro atoms. The zero-order valence-electron chi connectivity index (χ0n) is 15.4. The Morgan fingerprint density at radius 2 is 1.96 bits per heavy atom. The second kappa shape index (κ2) is 10.4. The molecule has 0 aliphatic carbocycles. The lowest BCUT2D eigenvalue weighted by Crippen LogP contribution is -2.35. The Morgan fingerprint density at radius 1 is 1.21 bits per heavy atom. The molecule has 7 nitrogen and oxygen atoms in total. The number of amides is 1. The average molecular weight is 380 g/mol. The molecule has 0 atom stereocenters. The summed E-state index contributed by atoms with van der Waals surface area (Å²) >= 11 is 0. The van der Waals surface area contributed by atoms with Crippen molar-refractivity contribution in [2.24, 2.45) is 0 Å². The summed E-state index contributed by atoms with van der Waals surface area (Å²) in [6, 6.07) is 15.5. The molecule has 2 aromatic rings. The maximum absolute atomic E-state index is 12.4. The third-order valence-corrected chi connectivity index (χ3v) is 3.77. The number of hydrogen-bond donors (Lipinski definition) is 1. The van der Waals surface area contributed by atoms with Crippen LogP contribution in [-0.4, -0.2) is 37.2 Å². The summed E-state index contributed by atoms with van der Waals surface area (Å²) in [5.74, 6) is -0.837. The van der Waals surface area contributed by atoms with Crippen molar-refractivity contribution in [3.8, 4) is 17.6 Å². The number of nitrogens with zero attached hydrogens (tertiary/aromatic N) is 2. The minimum atomic E-state index is -0.686. The first-order valence-electron chi connectivity index (χ1n) is 8.49. The van der Waals surface area contributed by atoms with Gasteiger partial charge in [0.25, 0.3) is 5.91 Å². The Morgan fingerprint density at radius 3 is 2.64 bits per heavy atom. The Kier molecular flexibility index (Phi) is 7.61. The molecule has 0 aliphatic rings. The molecule has 144 valence electrons. The molecule has 1 amide bonds. The molecule has 0 bridgehead atoms. The SMILES string of the molecule is COc1cc(C=CC(=O)OCC(=O)N(CCC#N)c2ccccc2)ccc1O. The quantitative estimate of drug-likeness (QED) is 0.558. The highest BCUT2D eigenvalue weighted by atomic mass is 16.5. The monoisotopic (exact) mass is 380 g/mol. The molecule has 0 saturated heterocycles. The number of aromatic hydroxyl groups is 1. The Balaban J connectivity index is 1.96. The van der Waals surface area contributed by atoms with Gasteiger partial charge in [-0.2, -0.15) is 5.26 Å². The average Bonchev–Trinajstić information content (AvgIpc) is 2.72.